The number of carbonyl (C=O) groups is 1. The Balaban J connectivity index is 1.61. The summed E-state index contributed by atoms with van der Waals surface area (Å²) >= 11 is 6.24. The number of amides is 1. The van der Waals surface area contributed by atoms with Gasteiger partial charge in [-0.2, -0.15) is 5.10 Å². The highest BCUT2D eigenvalue weighted by Crippen LogP contribution is 2.33. The maximum Gasteiger partial charge on any atom is 0.290 e. The average molecular weight is 370 g/mol. The van der Waals surface area contributed by atoms with E-state index in [0.29, 0.717) is 23.1 Å². The number of aromatic nitrogens is 2. The second kappa shape index (κ2) is 7.00. The van der Waals surface area contributed by atoms with Crippen LogP contribution in [0.1, 0.15) is 41.6 Å². The van der Waals surface area contributed by atoms with Crippen LogP contribution in [0.4, 0.5) is 0 Å². The number of hydrogen-bond acceptors (Lipinski definition) is 3. The summed E-state index contributed by atoms with van der Waals surface area (Å²) in [4.78, 5) is 15.0. The van der Waals surface area contributed by atoms with Gasteiger partial charge in [-0.15, -0.1) is 0 Å². The molecule has 3 heterocycles. The number of nitrogens with zero attached hydrogens (tertiary/aromatic N) is 3. The van der Waals surface area contributed by atoms with Gasteiger partial charge >= 0.3 is 0 Å². The number of aryl methyl sites for hydroxylation is 1. The maximum absolute atomic E-state index is 13.1. The van der Waals surface area contributed by atoms with Gasteiger partial charge in [0, 0.05) is 25.4 Å². The summed E-state index contributed by atoms with van der Waals surface area (Å²) in [7, 11) is 1.89. The SMILES string of the molecule is Cn1ccc([C@H]2CCCCN2C(=O)c2ccc(-c3ccccc3Cl)o2)n1. The number of hydrogen-bond donors (Lipinski definition) is 0. The molecule has 1 saturated heterocycles. The Morgan fingerprint density at radius 2 is 2.04 bits per heavy atom. The van der Waals surface area contributed by atoms with Crippen molar-refractivity contribution in [3.8, 4) is 11.3 Å². The minimum absolute atomic E-state index is 0.00804. The zero-order valence-corrected chi connectivity index (χ0v) is 15.3. The molecule has 1 aliphatic rings. The molecule has 4 rings (SSSR count). The lowest BCUT2D eigenvalue weighted by Crippen LogP contribution is -2.38. The van der Waals surface area contributed by atoms with Crippen molar-refractivity contribution >= 4 is 17.5 Å². The zero-order valence-electron chi connectivity index (χ0n) is 14.6. The first-order valence-corrected chi connectivity index (χ1v) is 9.16. The Kier molecular flexibility index (Phi) is 4.55. The number of rotatable bonds is 3. The maximum atomic E-state index is 13.1. The third kappa shape index (κ3) is 3.15. The van der Waals surface area contributed by atoms with Crippen LogP contribution in [0.25, 0.3) is 11.3 Å². The molecule has 0 N–H and O–H groups in total. The van der Waals surface area contributed by atoms with Gasteiger partial charge in [0.05, 0.1) is 16.8 Å². The predicted molar refractivity (Wildman–Crippen MR) is 100.0 cm³/mol. The van der Waals surface area contributed by atoms with Gasteiger partial charge in [0.15, 0.2) is 5.76 Å². The molecule has 1 aromatic carbocycles. The number of piperidine rings is 1. The van der Waals surface area contributed by atoms with Gasteiger partial charge in [-0.3, -0.25) is 9.48 Å². The first-order chi connectivity index (χ1) is 12.6. The molecule has 1 fully saturated rings. The minimum Gasteiger partial charge on any atom is -0.451 e. The minimum atomic E-state index is -0.0985. The van der Waals surface area contributed by atoms with Crippen molar-refractivity contribution in [1.29, 1.82) is 0 Å². The van der Waals surface area contributed by atoms with Crippen molar-refractivity contribution in [3.63, 3.8) is 0 Å². The van der Waals surface area contributed by atoms with Crippen LogP contribution in [0.3, 0.4) is 0 Å². The second-order valence-electron chi connectivity index (χ2n) is 6.57. The second-order valence-corrected chi connectivity index (χ2v) is 6.98. The van der Waals surface area contributed by atoms with Crippen molar-refractivity contribution in [2.24, 2.45) is 7.05 Å². The van der Waals surface area contributed by atoms with Crippen LogP contribution in [-0.4, -0.2) is 27.1 Å². The van der Waals surface area contributed by atoms with Crippen molar-refractivity contribution in [3.05, 3.63) is 65.1 Å². The predicted octanol–water partition coefficient (Wildman–Crippen LogP) is 4.70. The fourth-order valence-corrected chi connectivity index (χ4v) is 3.72. The highest BCUT2D eigenvalue weighted by Gasteiger charge is 2.31. The van der Waals surface area contributed by atoms with Crippen LogP contribution in [0, 0.1) is 0 Å². The molecule has 0 spiro atoms. The molecule has 0 bridgehead atoms. The molecule has 0 aliphatic carbocycles. The molecule has 3 aromatic rings. The highest BCUT2D eigenvalue weighted by molar-refractivity contribution is 6.33. The van der Waals surface area contributed by atoms with Crippen molar-refractivity contribution in [2.45, 2.75) is 25.3 Å². The van der Waals surface area contributed by atoms with E-state index in [1.54, 1.807) is 16.8 Å². The van der Waals surface area contributed by atoms with E-state index < -0.39 is 0 Å². The van der Waals surface area contributed by atoms with Gasteiger partial charge in [0.2, 0.25) is 0 Å². The molecule has 2 aromatic heterocycles. The summed E-state index contributed by atoms with van der Waals surface area (Å²) in [6.07, 6.45) is 4.91. The largest absolute Gasteiger partial charge is 0.451 e. The van der Waals surface area contributed by atoms with E-state index >= 15 is 0 Å². The van der Waals surface area contributed by atoms with Gasteiger partial charge < -0.3 is 9.32 Å². The molecule has 26 heavy (non-hydrogen) atoms. The van der Waals surface area contributed by atoms with E-state index in [-0.39, 0.29) is 11.9 Å². The van der Waals surface area contributed by atoms with E-state index in [9.17, 15) is 4.79 Å². The number of benzene rings is 1. The molecule has 0 unspecified atom stereocenters. The summed E-state index contributed by atoms with van der Waals surface area (Å²) in [5.74, 6) is 0.840. The Bertz CT molecular complexity index is 931. The van der Waals surface area contributed by atoms with Crippen molar-refractivity contribution in [1.82, 2.24) is 14.7 Å². The molecule has 1 atom stereocenters. The fraction of sp³-hybridized carbons (Fsp3) is 0.300. The lowest BCUT2D eigenvalue weighted by Gasteiger charge is -2.34. The van der Waals surface area contributed by atoms with Crippen LogP contribution >= 0.6 is 11.6 Å². The monoisotopic (exact) mass is 369 g/mol. The molecule has 0 radical (unpaired) electrons. The van der Waals surface area contributed by atoms with Crippen LogP contribution in [0.15, 0.2) is 53.1 Å². The first kappa shape index (κ1) is 16.9. The van der Waals surface area contributed by atoms with Gasteiger partial charge in [0.25, 0.3) is 5.91 Å². The third-order valence-corrected chi connectivity index (χ3v) is 5.12. The normalized spacial score (nSPS) is 17.5. The lowest BCUT2D eigenvalue weighted by atomic mass is 9.99. The summed E-state index contributed by atoms with van der Waals surface area (Å²) in [6, 6.07) is 13.0. The summed E-state index contributed by atoms with van der Waals surface area (Å²) < 4.78 is 7.63. The van der Waals surface area contributed by atoms with Gasteiger partial charge in [-0.05, 0) is 49.6 Å². The number of furan rings is 1. The quantitative estimate of drug-likeness (QED) is 0.672. The molecule has 1 aliphatic heterocycles. The summed E-state index contributed by atoms with van der Waals surface area (Å²) in [5, 5.41) is 5.10. The highest BCUT2D eigenvalue weighted by atomic mass is 35.5. The summed E-state index contributed by atoms with van der Waals surface area (Å²) in [5.41, 5.74) is 1.71. The van der Waals surface area contributed by atoms with Crippen molar-refractivity contribution < 1.29 is 9.21 Å². The van der Waals surface area contributed by atoms with Crippen LogP contribution in [0.5, 0.6) is 0 Å². The van der Waals surface area contributed by atoms with E-state index in [4.69, 9.17) is 16.0 Å². The molecular weight excluding hydrogens is 350 g/mol. The van der Waals surface area contributed by atoms with Crippen molar-refractivity contribution in [2.75, 3.05) is 6.54 Å². The Morgan fingerprint density at radius 3 is 2.81 bits per heavy atom. The van der Waals surface area contributed by atoms with Gasteiger partial charge in [0.1, 0.15) is 5.76 Å². The smallest absolute Gasteiger partial charge is 0.290 e. The molecular formula is C20H20ClN3O2. The summed E-state index contributed by atoms with van der Waals surface area (Å²) in [6.45, 7) is 0.711. The molecule has 5 nitrogen and oxygen atoms in total. The Labute approximate surface area is 157 Å². The standard InChI is InChI=1S/C20H20ClN3O2/c1-23-13-11-16(22-23)17-8-4-5-12-24(17)20(25)19-10-9-18(26-19)14-6-2-3-7-15(14)21/h2-3,6-7,9-11,13,17H,4-5,8,12H2,1H3/t17-/m1/s1. The Hall–Kier alpha value is -2.53. The average Bonchev–Trinajstić information content (AvgIpc) is 3.31. The molecule has 1 amide bonds. The third-order valence-electron chi connectivity index (χ3n) is 4.80. The number of likely N-dealkylation sites (tertiary alicyclic amines) is 1. The number of carbonyl (C=O) groups excluding carboxylic acids is 1. The van der Waals surface area contributed by atoms with E-state index in [2.05, 4.69) is 5.10 Å². The molecule has 134 valence electrons. The van der Waals surface area contributed by atoms with Crippen LogP contribution < -0.4 is 0 Å². The van der Waals surface area contributed by atoms with Crippen LogP contribution in [0.2, 0.25) is 5.02 Å². The number of halogens is 1. The topological polar surface area (TPSA) is 51.3 Å². The lowest BCUT2D eigenvalue weighted by molar-refractivity contribution is 0.0573. The fourth-order valence-electron chi connectivity index (χ4n) is 3.49. The van der Waals surface area contributed by atoms with Gasteiger partial charge in [-0.25, -0.2) is 0 Å². The Morgan fingerprint density at radius 1 is 1.19 bits per heavy atom. The van der Waals surface area contributed by atoms with Crippen LogP contribution in [-0.2, 0) is 7.05 Å². The van der Waals surface area contributed by atoms with E-state index in [0.717, 1.165) is 30.5 Å². The van der Waals surface area contributed by atoms with E-state index in [1.807, 2.05) is 48.5 Å². The molecule has 0 saturated carbocycles. The molecule has 6 heteroatoms. The van der Waals surface area contributed by atoms with Gasteiger partial charge in [-0.1, -0.05) is 23.7 Å². The first-order valence-electron chi connectivity index (χ1n) is 8.79. The van der Waals surface area contributed by atoms with E-state index in [1.165, 1.54) is 0 Å². The zero-order chi connectivity index (χ0) is 18.1.